The summed E-state index contributed by atoms with van der Waals surface area (Å²) in [6, 6.07) is 5.56. The summed E-state index contributed by atoms with van der Waals surface area (Å²) in [5.41, 5.74) is 6.01. The van der Waals surface area contributed by atoms with Crippen molar-refractivity contribution in [2.24, 2.45) is 11.1 Å². The summed E-state index contributed by atoms with van der Waals surface area (Å²) < 4.78 is 39.5. The van der Waals surface area contributed by atoms with Gasteiger partial charge in [0.25, 0.3) is 0 Å². The van der Waals surface area contributed by atoms with Crippen LogP contribution in [0.1, 0.15) is 32.8 Å². The number of hydrogen-bond acceptors (Lipinski definition) is 3. The minimum absolute atomic E-state index is 0.117. The van der Waals surface area contributed by atoms with Crippen LogP contribution < -0.4 is 5.73 Å². The number of benzene rings is 1. The third-order valence-electron chi connectivity index (χ3n) is 3.29. The van der Waals surface area contributed by atoms with Gasteiger partial charge in [-0.1, -0.05) is 32.9 Å². The van der Waals surface area contributed by atoms with E-state index in [-0.39, 0.29) is 17.0 Å². The van der Waals surface area contributed by atoms with Crippen LogP contribution in [0.5, 0.6) is 0 Å². The van der Waals surface area contributed by atoms with Crippen LogP contribution in [0.15, 0.2) is 24.3 Å². The number of halogens is 1. The molecule has 0 radical (unpaired) electrons. The number of rotatable bonds is 8. The zero-order chi connectivity index (χ0) is 16.1. The van der Waals surface area contributed by atoms with Crippen molar-refractivity contribution in [3.05, 3.63) is 35.6 Å². The molecule has 0 atom stereocenters. The first-order valence-electron chi connectivity index (χ1n) is 7.12. The van der Waals surface area contributed by atoms with Crippen molar-refractivity contribution in [1.29, 1.82) is 0 Å². The monoisotopic (exact) mass is 316 g/mol. The van der Waals surface area contributed by atoms with Gasteiger partial charge in [0.2, 0.25) is 10.0 Å². The van der Waals surface area contributed by atoms with Crippen LogP contribution in [-0.2, 0) is 15.8 Å². The maximum Gasteiger partial charge on any atom is 0.218 e. The van der Waals surface area contributed by atoms with Gasteiger partial charge >= 0.3 is 0 Å². The first kappa shape index (κ1) is 18.1. The molecule has 6 heteroatoms. The Morgan fingerprint density at radius 3 is 2.29 bits per heavy atom. The van der Waals surface area contributed by atoms with E-state index < -0.39 is 10.0 Å². The highest BCUT2D eigenvalue weighted by molar-refractivity contribution is 7.88. The predicted molar refractivity (Wildman–Crippen MR) is 83.7 cm³/mol. The van der Waals surface area contributed by atoms with Crippen LogP contribution in [0.25, 0.3) is 0 Å². The molecule has 0 aliphatic carbocycles. The van der Waals surface area contributed by atoms with Crippen LogP contribution >= 0.6 is 0 Å². The summed E-state index contributed by atoms with van der Waals surface area (Å²) in [7, 11) is -3.44. The van der Waals surface area contributed by atoms with Gasteiger partial charge in [-0.3, -0.25) is 0 Å². The van der Waals surface area contributed by atoms with Gasteiger partial charge in [-0.2, -0.15) is 0 Å². The molecule has 0 aliphatic rings. The zero-order valence-corrected chi connectivity index (χ0v) is 13.8. The van der Waals surface area contributed by atoms with E-state index >= 15 is 0 Å². The summed E-state index contributed by atoms with van der Waals surface area (Å²) >= 11 is 0. The molecule has 0 aromatic heterocycles. The number of sulfonamides is 1. The Labute approximate surface area is 127 Å². The maximum atomic E-state index is 12.9. The molecule has 0 bridgehead atoms. The largest absolute Gasteiger partial charge is 0.330 e. The second kappa shape index (κ2) is 7.33. The second-order valence-electron chi connectivity index (χ2n) is 6.08. The summed E-state index contributed by atoms with van der Waals surface area (Å²) in [5.74, 6) is -0.487. The lowest BCUT2D eigenvalue weighted by atomic mass is 9.94. The Balaban J connectivity index is 2.91. The van der Waals surface area contributed by atoms with Gasteiger partial charge in [0.15, 0.2) is 0 Å². The van der Waals surface area contributed by atoms with E-state index in [0.717, 1.165) is 6.42 Å². The molecule has 1 aromatic carbocycles. The molecule has 0 unspecified atom stereocenters. The number of nitrogens with two attached hydrogens (primary N) is 1. The van der Waals surface area contributed by atoms with E-state index in [1.54, 1.807) is 0 Å². The van der Waals surface area contributed by atoms with Gasteiger partial charge in [-0.15, -0.1) is 0 Å². The Kier molecular flexibility index (Phi) is 6.31. The molecule has 0 fully saturated rings. The molecule has 4 nitrogen and oxygen atoms in total. The Morgan fingerprint density at radius 1 is 1.24 bits per heavy atom. The smallest absolute Gasteiger partial charge is 0.218 e. The molecule has 0 amide bonds. The fourth-order valence-corrected chi connectivity index (χ4v) is 3.79. The van der Waals surface area contributed by atoms with Gasteiger partial charge in [-0.05, 0) is 36.1 Å². The van der Waals surface area contributed by atoms with Gasteiger partial charge < -0.3 is 5.73 Å². The summed E-state index contributed by atoms with van der Waals surface area (Å²) in [6.07, 6.45) is 0.739. The third-order valence-corrected chi connectivity index (χ3v) is 5.08. The molecule has 1 aromatic rings. The average molecular weight is 316 g/mol. The Morgan fingerprint density at radius 2 is 1.81 bits per heavy atom. The van der Waals surface area contributed by atoms with E-state index in [2.05, 4.69) is 0 Å². The van der Waals surface area contributed by atoms with Gasteiger partial charge in [0, 0.05) is 13.1 Å². The quantitative estimate of drug-likeness (QED) is 0.801. The SMILES string of the molecule is CCCN(CC(C)(C)CN)S(=O)(=O)Cc1ccc(F)cc1. The van der Waals surface area contributed by atoms with Crippen LogP contribution in [0.2, 0.25) is 0 Å². The molecule has 0 saturated carbocycles. The molecule has 0 spiro atoms. The minimum Gasteiger partial charge on any atom is -0.330 e. The van der Waals surface area contributed by atoms with Crippen molar-refractivity contribution in [1.82, 2.24) is 4.31 Å². The molecule has 120 valence electrons. The molecule has 0 heterocycles. The lowest BCUT2D eigenvalue weighted by Gasteiger charge is -2.31. The zero-order valence-electron chi connectivity index (χ0n) is 13.0. The van der Waals surface area contributed by atoms with E-state index in [4.69, 9.17) is 5.73 Å². The van der Waals surface area contributed by atoms with Crippen molar-refractivity contribution in [2.45, 2.75) is 32.9 Å². The number of hydrogen-bond donors (Lipinski definition) is 1. The van der Waals surface area contributed by atoms with E-state index in [1.165, 1.54) is 28.6 Å². The molecular formula is C15H25FN2O2S. The Hall–Kier alpha value is -0.980. The molecule has 0 aliphatic heterocycles. The first-order valence-corrected chi connectivity index (χ1v) is 8.73. The molecule has 2 N–H and O–H groups in total. The van der Waals surface area contributed by atoms with E-state index in [1.807, 2.05) is 20.8 Å². The van der Waals surface area contributed by atoms with Crippen LogP contribution in [0.4, 0.5) is 4.39 Å². The van der Waals surface area contributed by atoms with Crippen molar-refractivity contribution >= 4 is 10.0 Å². The second-order valence-corrected chi connectivity index (χ2v) is 8.05. The van der Waals surface area contributed by atoms with E-state index in [0.29, 0.717) is 25.2 Å². The normalized spacial score (nSPS) is 12.9. The highest BCUT2D eigenvalue weighted by Crippen LogP contribution is 2.20. The summed E-state index contributed by atoms with van der Waals surface area (Å²) in [5, 5.41) is 0. The highest BCUT2D eigenvalue weighted by Gasteiger charge is 2.28. The van der Waals surface area contributed by atoms with E-state index in [9.17, 15) is 12.8 Å². The molecule has 0 saturated heterocycles. The fraction of sp³-hybridized carbons (Fsp3) is 0.600. The van der Waals surface area contributed by atoms with Crippen LogP contribution in [0, 0.1) is 11.2 Å². The van der Waals surface area contributed by atoms with Gasteiger partial charge in [0.1, 0.15) is 5.82 Å². The first-order chi connectivity index (χ1) is 9.70. The van der Waals surface area contributed by atoms with Crippen molar-refractivity contribution in [3.8, 4) is 0 Å². The van der Waals surface area contributed by atoms with Crippen molar-refractivity contribution < 1.29 is 12.8 Å². The highest BCUT2D eigenvalue weighted by atomic mass is 32.2. The third kappa shape index (κ3) is 5.73. The minimum atomic E-state index is -3.44. The molecular weight excluding hydrogens is 291 g/mol. The van der Waals surface area contributed by atoms with Crippen LogP contribution in [0.3, 0.4) is 0 Å². The van der Waals surface area contributed by atoms with Crippen molar-refractivity contribution in [3.63, 3.8) is 0 Å². The van der Waals surface area contributed by atoms with Crippen molar-refractivity contribution in [2.75, 3.05) is 19.6 Å². The maximum absolute atomic E-state index is 12.9. The topological polar surface area (TPSA) is 63.4 Å². The van der Waals surface area contributed by atoms with Crippen LogP contribution in [-0.4, -0.2) is 32.4 Å². The fourth-order valence-electron chi connectivity index (χ4n) is 1.99. The lowest BCUT2D eigenvalue weighted by molar-refractivity contribution is 0.266. The molecule has 1 rings (SSSR count). The summed E-state index contributed by atoms with van der Waals surface area (Å²) in [6.45, 7) is 7.11. The molecule has 21 heavy (non-hydrogen) atoms. The Bertz CT molecular complexity index is 541. The predicted octanol–water partition coefficient (Wildman–Crippen LogP) is 2.35. The van der Waals surface area contributed by atoms with Gasteiger partial charge in [0.05, 0.1) is 5.75 Å². The lowest BCUT2D eigenvalue weighted by Crippen LogP contribution is -2.42. The average Bonchev–Trinajstić information content (AvgIpc) is 2.40. The standard InChI is InChI=1S/C15H25FN2O2S/c1-4-9-18(12-15(2,3)11-17)21(19,20)10-13-5-7-14(16)8-6-13/h5-8H,4,9-12,17H2,1-3H3. The summed E-state index contributed by atoms with van der Waals surface area (Å²) in [4.78, 5) is 0. The number of nitrogens with zero attached hydrogens (tertiary/aromatic N) is 1. The van der Waals surface area contributed by atoms with Gasteiger partial charge in [-0.25, -0.2) is 17.1 Å².